The Morgan fingerprint density at radius 3 is 2.47 bits per heavy atom. The van der Waals surface area contributed by atoms with E-state index in [1.807, 2.05) is 38.1 Å². The van der Waals surface area contributed by atoms with Gasteiger partial charge in [0.15, 0.2) is 11.0 Å². The van der Waals surface area contributed by atoms with Crippen molar-refractivity contribution < 1.29 is 32.3 Å². The molecule has 0 radical (unpaired) electrons. The van der Waals surface area contributed by atoms with Crippen LogP contribution in [0.1, 0.15) is 55.8 Å². The van der Waals surface area contributed by atoms with Crippen LogP contribution in [0.2, 0.25) is 5.02 Å². The summed E-state index contributed by atoms with van der Waals surface area (Å²) in [5.74, 6) is -0.806. The summed E-state index contributed by atoms with van der Waals surface area (Å²) in [6, 6.07) is 9.78. The van der Waals surface area contributed by atoms with E-state index in [0.717, 1.165) is 4.70 Å². The summed E-state index contributed by atoms with van der Waals surface area (Å²) >= 11 is 7.29. The lowest BCUT2D eigenvalue weighted by molar-refractivity contribution is -0.124. The average molecular weight is 736 g/mol. The number of thiazole rings is 1. The molecule has 1 aliphatic heterocycles. The Labute approximate surface area is 294 Å². The summed E-state index contributed by atoms with van der Waals surface area (Å²) < 4.78 is 39.7. The van der Waals surface area contributed by atoms with E-state index in [2.05, 4.69) is 20.6 Å². The number of nitrogens with two attached hydrogens (primary N) is 2. The molecule has 4 rings (SSSR count). The first-order chi connectivity index (χ1) is 23.3. The van der Waals surface area contributed by atoms with E-state index >= 15 is 0 Å². The number of piperidine rings is 1. The molecule has 14 nitrogen and oxygen atoms in total. The zero-order valence-electron chi connectivity index (χ0n) is 27.6. The molecule has 1 fully saturated rings. The van der Waals surface area contributed by atoms with Crippen LogP contribution in [0.15, 0.2) is 52.4 Å². The largest absolute Gasteiger partial charge is 0.495 e. The van der Waals surface area contributed by atoms with Crippen LogP contribution in [-0.4, -0.2) is 86.4 Å². The number of carbonyl (C=O) groups excluding carboxylic acids is 3. The Kier molecular flexibility index (Phi) is 13.2. The molecule has 0 spiro atoms. The summed E-state index contributed by atoms with van der Waals surface area (Å²) in [6.07, 6.45) is -0.00779. The first-order valence-corrected chi connectivity index (χ1v) is 18.5. The molecule has 2 aromatic carbocycles. The number of ketones is 1. The molecule has 1 aliphatic rings. The van der Waals surface area contributed by atoms with Crippen molar-refractivity contribution in [1.29, 1.82) is 0 Å². The number of rotatable bonds is 15. The number of hydrogen-bond acceptors (Lipinski definition) is 10. The van der Waals surface area contributed by atoms with Gasteiger partial charge in [0, 0.05) is 24.7 Å². The standard InChI is InChI=1S/C32H42ClN7O7S2/c1-19(2)17-24(29(42)37-23(8-6-14-36-31(34)35)28(41)30-38-22-7-4-5-9-26(22)48-30)39-32(43)47-21-12-15-40(16-13-21)49(44,45)27-18-20(33)10-11-25(27)46-3/h4-5,7,9-11,18-19,21,23-24H,6,8,12-17H2,1-3H3,(H,37,42)(H,39,43)(H4,34,35,36)/t23-,24-/m0/s1. The molecule has 2 atom stereocenters. The fourth-order valence-corrected chi connectivity index (χ4v) is 8.23. The third kappa shape index (κ3) is 10.3. The predicted octanol–water partition coefficient (Wildman–Crippen LogP) is 3.67. The molecule has 1 aromatic heterocycles. The number of methoxy groups -OCH3 is 1. The van der Waals surface area contributed by atoms with Crippen molar-refractivity contribution >= 4 is 66.9 Å². The molecule has 3 aromatic rings. The van der Waals surface area contributed by atoms with Crippen molar-refractivity contribution in [2.75, 3.05) is 26.7 Å². The molecule has 0 unspecified atom stereocenters. The Morgan fingerprint density at radius 2 is 1.82 bits per heavy atom. The summed E-state index contributed by atoms with van der Waals surface area (Å²) in [6.45, 7) is 4.26. The van der Waals surface area contributed by atoms with Gasteiger partial charge in [-0.1, -0.05) is 37.6 Å². The Hall–Kier alpha value is -3.99. The predicted molar refractivity (Wildman–Crippen MR) is 188 cm³/mol. The van der Waals surface area contributed by atoms with E-state index in [0.29, 0.717) is 11.9 Å². The lowest BCUT2D eigenvalue weighted by Crippen LogP contribution is -2.52. The van der Waals surface area contributed by atoms with Gasteiger partial charge in [-0.15, -0.1) is 11.3 Å². The number of amides is 2. The quantitative estimate of drug-likeness (QED) is 0.0770. The van der Waals surface area contributed by atoms with Crippen LogP contribution in [0.25, 0.3) is 10.2 Å². The second-order valence-electron chi connectivity index (χ2n) is 12.0. The summed E-state index contributed by atoms with van der Waals surface area (Å²) in [5, 5.41) is 5.98. The number of fused-ring (bicyclic) bond motifs is 1. The van der Waals surface area contributed by atoms with Crippen LogP contribution in [0.5, 0.6) is 5.75 Å². The van der Waals surface area contributed by atoms with Crippen molar-refractivity contribution in [3.63, 3.8) is 0 Å². The number of benzene rings is 2. The van der Waals surface area contributed by atoms with Crippen LogP contribution in [0, 0.1) is 5.92 Å². The van der Waals surface area contributed by atoms with Gasteiger partial charge < -0.3 is 31.6 Å². The molecule has 0 saturated carbocycles. The molecule has 266 valence electrons. The van der Waals surface area contributed by atoms with Gasteiger partial charge in [0.25, 0.3) is 0 Å². The van der Waals surface area contributed by atoms with Crippen molar-refractivity contribution in [2.45, 2.75) is 69.0 Å². The minimum absolute atomic E-state index is 0.00765. The Bertz CT molecular complexity index is 1740. The number of halogens is 1. The summed E-state index contributed by atoms with van der Waals surface area (Å²) in [7, 11) is -2.54. The normalized spacial score (nSPS) is 15.4. The van der Waals surface area contributed by atoms with Crippen LogP contribution >= 0.6 is 22.9 Å². The number of alkyl carbamates (subject to hydrolysis) is 1. The van der Waals surface area contributed by atoms with Crippen molar-refractivity contribution in [2.24, 2.45) is 22.4 Å². The molecular weight excluding hydrogens is 694 g/mol. The number of sulfonamides is 1. The average Bonchev–Trinajstić information content (AvgIpc) is 3.50. The van der Waals surface area contributed by atoms with E-state index in [-0.39, 0.29) is 83.7 Å². The molecule has 49 heavy (non-hydrogen) atoms. The minimum atomic E-state index is -3.92. The van der Waals surface area contributed by atoms with E-state index in [4.69, 9.17) is 32.5 Å². The summed E-state index contributed by atoms with van der Waals surface area (Å²) in [5.41, 5.74) is 11.6. The number of aromatic nitrogens is 1. The van der Waals surface area contributed by atoms with Gasteiger partial charge in [-0.2, -0.15) is 4.31 Å². The molecule has 2 heterocycles. The number of Topliss-reactive ketones (excluding diaryl/α,β-unsaturated/α-hetero) is 1. The van der Waals surface area contributed by atoms with Crippen LogP contribution in [0.4, 0.5) is 4.79 Å². The summed E-state index contributed by atoms with van der Waals surface area (Å²) in [4.78, 5) is 48.7. The fraction of sp³-hybridized carbons (Fsp3) is 0.469. The van der Waals surface area contributed by atoms with Gasteiger partial charge in [0.2, 0.25) is 21.7 Å². The molecule has 0 bridgehead atoms. The van der Waals surface area contributed by atoms with Crippen molar-refractivity contribution in [3.05, 3.63) is 52.5 Å². The molecule has 0 aliphatic carbocycles. The second-order valence-corrected chi connectivity index (χ2v) is 15.4. The van der Waals surface area contributed by atoms with E-state index in [1.165, 1.54) is 34.9 Å². The van der Waals surface area contributed by atoms with Gasteiger partial charge >= 0.3 is 6.09 Å². The third-order valence-corrected chi connectivity index (χ3v) is 11.0. The number of guanidine groups is 1. The number of ether oxygens (including phenoxy) is 2. The maximum absolute atomic E-state index is 13.6. The number of nitrogens with one attached hydrogen (secondary N) is 2. The number of nitrogens with zero attached hydrogens (tertiary/aromatic N) is 3. The van der Waals surface area contributed by atoms with Crippen LogP contribution in [-0.2, 0) is 19.6 Å². The van der Waals surface area contributed by atoms with E-state index < -0.39 is 40.2 Å². The van der Waals surface area contributed by atoms with E-state index in [9.17, 15) is 22.8 Å². The number of para-hydroxylation sites is 1. The van der Waals surface area contributed by atoms with Gasteiger partial charge in [0.1, 0.15) is 22.8 Å². The zero-order valence-corrected chi connectivity index (χ0v) is 29.9. The first-order valence-electron chi connectivity index (χ1n) is 15.8. The molecular formula is C32H42ClN7O7S2. The molecule has 2 amide bonds. The molecule has 17 heteroatoms. The Morgan fingerprint density at radius 1 is 1.10 bits per heavy atom. The minimum Gasteiger partial charge on any atom is -0.495 e. The first kappa shape index (κ1) is 37.8. The maximum Gasteiger partial charge on any atom is 0.408 e. The SMILES string of the molecule is COc1ccc(Cl)cc1S(=O)(=O)N1CCC(OC(=O)N[C@@H](CC(C)C)C(=O)N[C@@H](CCCN=C(N)N)C(=O)c2nc3ccccc3s2)CC1. The van der Waals surface area contributed by atoms with Gasteiger partial charge in [-0.25, -0.2) is 18.2 Å². The van der Waals surface area contributed by atoms with Gasteiger partial charge in [0.05, 0.1) is 23.4 Å². The maximum atomic E-state index is 13.6. The van der Waals surface area contributed by atoms with Crippen LogP contribution in [0.3, 0.4) is 0 Å². The molecule has 6 N–H and O–H groups in total. The highest BCUT2D eigenvalue weighted by atomic mass is 35.5. The van der Waals surface area contributed by atoms with Crippen molar-refractivity contribution in [1.82, 2.24) is 19.9 Å². The van der Waals surface area contributed by atoms with E-state index in [1.54, 1.807) is 6.07 Å². The monoisotopic (exact) mass is 735 g/mol. The lowest BCUT2D eigenvalue weighted by Gasteiger charge is -2.31. The fourth-order valence-electron chi connectivity index (χ4n) is 5.38. The smallest absolute Gasteiger partial charge is 0.408 e. The van der Waals surface area contributed by atoms with Gasteiger partial charge in [-0.05, 0) is 68.4 Å². The Balaban J connectivity index is 1.40. The number of carbonyl (C=O) groups is 3. The van der Waals surface area contributed by atoms with Gasteiger partial charge in [-0.3, -0.25) is 14.6 Å². The third-order valence-electron chi connectivity index (χ3n) is 7.82. The highest BCUT2D eigenvalue weighted by Gasteiger charge is 2.34. The second kappa shape index (κ2) is 17.1. The molecule has 1 saturated heterocycles. The van der Waals surface area contributed by atoms with Crippen LogP contribution < -0.4 is 26.8 Å². The lowest BCUT2D eigenvalue weighted by atomic mass is 10.0. The highest BCUT2D eigenvalue weighted by Crippen LogP contribution is 2.31. The van der Waals surface area contributed by atoms with Crippen molar-refractivity contribution in [3.8, 4) is 5.75 Å². The number of hydrogen-bond donors (Lipinski definition) is 4. The number of aliphatic imine (C=N–C) groups is 1. The highest BCUT2D eigenvalue weighted by molar-refractivity contribution is 7.89. The topological polar surface area (TPSA) is 208 Å². The zero-order chi connectivity index (χ0) is 35.7.